The van der Waals surface area contributed by atoms with Gasteiger partial charge in [0, 0.05) is 33.8 Å². The number of hydrogen-bond acceptors (Lipinski definition) is 4. The normalized spacial score (nSPS) is 11.4. The molecule has 3 aromatic rings. The van der Waals surface area contributed by atoms with Crippen molar-refractivity contribution in [2.75, 3.05) is 11.9 Å². The first-order valence-corrected chi connectivity index (χ1v) is 10.1. The van der Waals surface area contributed by atoms with Gasteiger partial charge in [-0.1, -0.05) is 39.6 Å². The van der Waals surface area contributed by atoms with Gasteiger partial charge in [0.2, 0.25) is 0 Å². The number of carbonyl (C=O) groups is 1. The summed E-state index contributed by atoms with van der Waals surface area (Å²) in [5.41, 5.74) is 1.54. The Morgan fingerprint density at radius 1 is 1.20 bits per heavy atom. The zero-order valence-corrected chi connectivity index (χ0v) is 18.2. The van der Waals surface area contributed by atoms with Crippen LogP contribution < -0.4 is 5.32 Å². The molecule has 0 saturated carbocycles. The van der Waals surface area contributed by atoms with Gasteiger partial charge in [-0.3, -0.25) is 9.48 Å². The number of nitrogens with one attached hydrogen (secondary N) is 1. The van der Waals surface area contributed by atoms with Gasteiger partial charge in [0.05, 0.1) is 12.3 Å². The molecule has 0 bridgehead atoms. The first kappa shape index (κ1) is 21.9. The molecule has 0 saturated heterocycles. The highest BCUT2D eigenvalue weighted by Crippen LogP contribution is 2.38. The number of ether oxygens (including phenoxy) is 1. The summed E-state index contributed by atoms with van der Waals surface area (Å²) in [6.07, 6.45) is 0. The summed E-state index contributed by atoms with van der Waals surface area (Å²) in [5, 5.41) is 7.73. The largest absolute Gasteiger partial charge is 0.465 e. The van der Waals surface area contributed by atoms with Crippen molar-refractivity contribution in [3.8, 4) is 11.1 Å². The van der Waals surface area contributed by atoms with Gasteiger partial charge >= 0.3 is 5.97 Å². The summed E-state index contributed by atoms with van der Waals surface area (Å²) in [4.78, 5) is 11.9. The number of esters is 1. The van der Waals surface area contributed by atoms with Crippen LogP contribution in [-0.4, -0.2) is 22.4 Å². The minimum atomic E-state index is -3.00. The van der Waals surface area contributed by atoms with E-state index in [1.54, 1.807) is 33.0 Å². The van der Waals surface area contributed by atoms with Crippen LogP contribution >= 0.6 is 9.24 Å². The first-order valence-electron chi connectivity index (χ1n) is 9.54. The summed E-state index contributed by atoms with van der Waals surface area (Å²) in [6.45, 7) is 5.86. The highest BCUT2D eigenvalue weighted by Gasteiger charge is 2.24. The SMILES string of the molecule is CCOC(=O)Cn1nc(C)c(-c2ccccc2Nc2cccc(C(F)(F)P)c2)c1C. The average Bonchev–Trinajstić information content (AvgIpc) is 2.95. The van der Waals surface area contributed by atoms with Gasteiger partial charge in [0.1, 0.15) is 6.54 Å². The molecule has 1 aromatic heterocycles. The lowest BCUT2D eigenvalue weighted by Gasteiger charge is -2.15. The molecule has 8 heteroatoms. The molecule has 0 amide bonds. The van der Waals surface area contributed by atoms with Gasteiger partial charge in [-0.05, 0) is 39.0 Å². The zero-order valence-electron chi connectivity index (χ0n) is 17.1. The maximum atomic E-state index is 13.7. The minimum absolute atomic E-state index is 0.0292. The van der Waals surface area contributed by atoms with E-state index in [0.717, 1.165) is 28.2 Å². The van der Waals surface area contributed by atoms with E-state index in [-0.39, 0.29) is 18.1 Å². The van der Waals surface area contributed by atoms with Crippen molar-refractivity contribution in [3.63, 3.8) is 0 Å². The highest BCUT2D eigenvalue weighted by molar-refractivity contribution is 7.17. The minimum Gasteiger partial charge on any atom is -0.465 e. The van der Waals surface area contributed by atoms with Crippen LogP contribution in [-0.2, 0) is 21.7 Å². The van der Waals surface area contributed by atoms with Gasteiger partial charge in [-0.15, -0.1) is 0 Å². The van der Waals surface area contributed by atoms with Crippen molar-refractivity contribution in [3.05, 3.63) is 65.5 Å². The third kappa shape index (κ3) is 4.85. The molecule has 0 aliphatic heterocycles. The predicted octanol–water partition coefficient (Wildman–Crippen LogP) is 5.40. The lowest BCUT2D eigenvalue weighted by molar-refractivity contribution is -0.144. The highest BCUT2D eigenvalue weighted by atomic mass is 31.0. The maximum absolute atomic E-state index is 13.7. The Hall–Kier alpha value is -2.79. The molecular formula is C22H24F2N3O2P. The van der Waals surface area contributed by atoms with Crippen molar-refractivity contribution in [1.29, 1.82) is 0 Å². The number of carbonyl (C=O) groups excluding carboxylic acids is 1. The standard InChI is InChI=1S/C22H24F2N3O2P/c1-4-29-20(28)13-27-15(3)21(14(2)26-27)18-10-5-6-11-19(18)25-17-9-7-8-16(12-17)22(23,24)30/h5-12,25H,4,13,30H2,1-3H3. The van der Waals surface area contributed by atoms with Gasteiger partial charge in [-0.25, -0.2) is 0 Å². The van der Waals surface area contributed by atoms with Crippen LogP contribution in [0.25, 0.3) is 11.1 Å². The number of nitrogens with zero attached hydrogens (tertiary/aromatic N) is 2. The molecule has 30 heavy (non-hydrogen) atoms. The van der Waals surface area contributed by atoms with Crippen molar-refractivity contribution < 1.29 is 18.3 Å². The molecule has 1 atom stereocenters. The number of benzene rings is 2. The molecule has 5 nitrogen and oxygen atoms in total. The van der Waals surface area contributed by atoms with E-state index in [4.69, 9.17) is 4.74 Å². The topological polar surface area (TPSA) is 56.2 Å². The third-order valence-electron chi connectivity index (χ3n) is 4.69. The predicted molar refractivity (Wildman–Crippen MR) is 117 cm³/mol. The Morgan fingerprint density at radius 3 is 2.63 bits per heavy atom. The van der Waals surface area contributed by atoms with Crippen LogP contribution in [0.3, 0.4) is 0 Å². The average molecular weight is 431 g/mol. The van der Waals surface area contributed by atoms with Crippen molar-refractivity contribution >= 4 is 26.6 Å². The quantitative estimate of drug-likeness (QED) is 0.402. The summed E-state index contributed by atoms with van der Waals surface area (Å²) < 4.78 is 34.0. The monoisotopic (exact) mass is 431 g/mol. The summed E-state index contributed by atoms with van der Waals surface area (Å²) in [5.74, 6) is -0.351. The van der Waals surface area contributed by atoms with Crippen LogP contribution in [0.15, 0.2) is 48.5 Å². The van der Waals surface area contributed by atoms with Crippen LogP contribution in [0.4, 0.5) is 20.2 Å². The first-order chi connectivity index (χ1) is 14.2. The fourth-order valence-electron chi connectivity index (χ4n) is 3.34. The summed E-state index contributed by atoms with van der Waals surface area (Å²) in [6, 6.07) is 13.7. The third-order valence-corrected chi connectivity index (χ3v) is 5.02. The van der Waals surface area contributed by atoms with Gasteiger partial charge in [0.15, 0.2) is 0 Å². The fourth-order valence-corrected chi connectivity index (χ4v) is 3.52. The van der Waals surface area contributed by atoms with Gasteiger partial charge in [-0.2, -0.15) is 13.9 Å². The molecule has 0 spiro atoms. The lowest BCUT2D eigenvalue weighted by Crippen LogP contribution is -2.15. The Balaban J connectivity index is 1.97. The van der Waals surface area contributed by atoms with Crippen LogP contribution in [0, 0.1) is 13.8 Å². The number of anilines is 2. The van der Waals surface area contributed by atoms with Crippen LogP contribution in [0.2, 0.25) is 0 Å². The number of hydrogen-bond donors (Lipinski definition) is 1. The van der Waals surface area contributed by atoms with Crippen molar-refractivity contribution in [1.82, 2.24) is 9.78 Å². The molecule has 1 unspecified atom stereocenters. The van der Waals surface area contributed by atoms with Gasteiger partial charge < -0.3 is 10.1 Å². The second kappa shape index (κ2) is 8.92. The van der Waals surface area contributed by atoms with Gasteiger partial charge in [0.25, 0.3) is 5.66 Å². The van der Waals surface area contributed by atoms with Crippen LogP contribution in [0.1, 0.15) is 23.9 Å². The second-order valence-electron chi connectivity index (χ2n) is 6.88. The number of aryl methyl sites for hydroxylation is 1. The van der Waals surface area contributed by atoms with E-state index in [1.807, 2.05) is 38.1 Å². The van der Waals surface area contributed by atoms with Crippen molar-refractivity contribution in [2.45, 2.75) is 33.0 Å². The molecule has 2 aromatic carbocycles. The Morgan fingerprint density at radius 2 is 1.93 bits per heavy atom. The second-order valence-corrected chi connectivity index (χ2v) is 7.61. The van der Waals surface area contributed by atoms with E-state index in [9.17, 15) is 13.6 Å². The number of halogens is 2. The number of rotatable bonds is 7. The molecule has 3 rings (SSSR count). The van der Waals surface area contributed by atoms with E-state index in [1.165, 1.54) is 12.1 Å². The Kier molecular flexibility index (Phi) is 6.52. The molecule has 0 radical (unpaired) electrons. The molecule has 0 aliphatic carbocycles. The number of alkyl halides is 2. The van der Waals surface area contributed by atoms with E-state index >= 15 is 0 Å². The molecular weight excluding hydrogens is 407 g/mol. The maximum Gasteiger partial charge on any atom is 0.327 e. The summed E-state index contributed by atoms with van der Waals surface area (Å²) in [7, 11) is 1.56. The van der Waals surface area contributed by atoms with E-state index in [2.05, 4.69) is 10.4 Å². The molecule has 1 heterocycles. The summed E-state index contributed by atoms with van der Waals surface area (Å²) >= 11 is 0. The molecule has 158 valence electrons. The molecule has 0 aliphatic rings. The lowest BCUT2D eigenvalue weighted by atomic mass is 10.0. The zero-order chi connectivity index (χ0) is 21.9. The molecule has 1 N–H and O–H groups in total. The van der Waals surface area contributed by atoms with Crippen LogP contribution in [0.5, 0.6) is 0 Å². The van der Waals surface area contributed by atoms with Crippen molar-refractivity contribution in [2.24, 2.45) is 0 Å². The van der Waals surface area contributed by atoms with E-state index < -0.39 is 5.66 Å². The smallest absolute Gasteiger partial charge is 0.327 e. The van der Waals surface area contributed by atoms with E-state index in [0.29, 0.717) is 12.3 Å². The number of para-hydroxylation sites is 1. The number of aromatic nitrogens is 2. The molecule has 0 fully saturated rings. The fraction of sp³-hybridized carbons (Fsp3) is 0.273. The Bertz CT molecular complexity index is 1060. The Labute approximate surface area is 176 Å².